The number of nitrogens with zero attached hydrogens (tertiary/aromatic N) is 3. The smallest absolute Gasteiger partial charge is 0.300 e. The Balaban J connectivity index is 1.88. The summed E-state index contributed by atoms with van der Waals surface area (Å²) in [6.45, 7) is 2.57. The number of aromatic nitrogens is 2. The van der Waals surface area contributed by atoms with Crippen molar-refractivity contribution in [1.82, 2.24) is 10.3 Å². The van der Waals surface area contributed by atoms with Crippen LogP contribution in [0, 0.1) is 10.1 Å². The third-order valence-electron chi connectivity index (χ3n) is 3.43. The molecule has 1 N–H and O–H groups in total. The molecule has 0 amide bonds. The van der Waals surface area contributed by atoms with Crippen LogP contribution in [0.3, 0.4) is 0 Å². The van der Waals surface area contributed by atoms with Gasteiger partial charge in [0.1, 0.15) is 5.78 Å². The summed E-state index contributed by atoms with van der Waals surface area (Å²) in [5.41, 5.74) is 1.03. The summed E-state index contributed by atoms with van der Waals surface area (Å²) in [7, 11) is 0. The van der Waals surface area contributed by atoms with Gasteiger partial charge in [-0.1, -0.05) is 13.3 Å². The Bertz CT molecular complexity index is 668. The predicted octanol–water partition coefficient (Wildman–Crippen LogP) is 3.08. The Hall–Kier alpha value is -2.51. The maximum Gasteiger partial charge on any atom is 0.300 e. The molecule has 22 heavy (non-hydrogen) atoms. The third kappa shape index (κ3) is 3.78. The van der Waals surface area contributed by atoms with Crippen molar-refractivity contribution in [2.75, 3.05) is 11.9 Å². The second-order valence-electron chi connectivity index (χ2n) is 4.98. The first kappa shape index (κ1) is 15.9. The molecule has 0 unspecified atom stereocenters. The van der Waals surface area contributed by atoms with Gasteiger partial charge in [-0.05, 0) is 29.2 Å². The van der Waals surface area contributed by atoms with Gasteiger partial charge in [0.25, 0.3) is 0 Å². The van der Waals surface area contributed by atoms with Gasteiger partial charge in [0.05, 0.1) is 10.6 Å². The number of non-ortho nitro benzene ring substituents is 1. The number of nitro benzene ring substituents is 1. The second kappa shape index (κ2) is 7.48. The number of unbranched alkanes of at least 4 members (excludes halogenated alkanes) is 2. The van der Waals surface area contributed by atoms with Crippen molar-refractivity contribution < 1.29 is 14.3 Å². The number of rotatable bonds is 9. The van der Waals surface area contributed by atoms with Crippen LogP contribution in [-0.4, -0.2) is 27.6 Å². The van der Waals surface area contributed by atoms with E-state index in [1.165, 1.54) is 6.07 Å². The average molecular weight is 306 g/mol. The quantitative estimate of drug-likeness (QED) is 0.430. The van der Waals surface area contributed by atoms with Crippen molar-refractivity contribution in [3.8, 4) is 0 Å². The zero-order valence-corrected chi connectivity index (χ0v) is 12.4. The van der Waals surface area contributed by atoms with E-state index < -0.39 is 4.92 Å². The molecule has 0 atom stereocenters. The molecule has 118 valence electrons. The first-order chi connectivity index (χ1) is 10.6. The van der Waals surface area contributed by atoms with Crippen molar-refractivity contribution in [2.45, 2.75) is 39.0 Å². The van der Waals surface area contributed by atoms with Crippen LogP contribution in [-0.2, 0) is 4.79 Å². The summed E-state index contributed by atoms with van der Waals surface area (Å²) >= 11 is 0. The maximum absolute atomic E-state index is 11.2. The lowest BCUT2D eigenvalue weighted by atomic mass is 10.1. The molecule has 2 aromatic rings. The highest BCUT2D eigenvalue weighted by Crippen LogP contribution is 2.28. The first-order valence-corrected chi connectivity index (χ1v) is 7.28. The monoisotopic (exact) mass is 306 g/mol. The first-order valence-electron chi connectivity index (χ1n) is 7.28. The molecule has 0 radical (unpaired) electrons. The summed E-state index contributed by atoms with van der Waals surface area (Å²) in [6, 6.07) is 2.99. The number of hydrogen-bond acceptors (Lipinski definition) is 7. The lowest BCUT2D eigenvalue weighted by Crippen LogP contribution is -2.03. The lowest BCUT2D eigenvalue weighted by molar-refractivity contribution is -0.383. The van der Waals surface area contributed by atoms with E-state index in [0.717, 1.165) is 19.3 Å². The number of carbonyl (C=O) groups is 1. The van der Waals surface area contributed by atoms with Gasteiger partial charge in [-0.2, -0.15) is 0 Å². The average Bonchev–Trinajstić information content (AvgIpc) is 2.99. The fraction of sp³-hybridized carbons (Fsp3) is 0.500. The summed E-state index contributed by atoms with van der Waals surface area (Å²) < 4.78 is 4.60. The van der Waals surface area contributed by atoms with Crippen LogP contribution in [0.2, 0.25) is 0 Å². The summed E-state index contributed by atoms with van der Waals surface area (Å²) in [5, 5.41) is 21.4. The van der Waals surface area contributed by atoms with Crippen LogP contribution in [0.1, 0.15) is 39.0 Å². The zero-order chi connectivity index (χ0) is 15.9. The fourth-order valence-electron chi connectivity index (χ4n) is 2.17. The SMILES string of the molecule is CCC(=O)CCCCCNc1ccc([N+](=O)[O-])c2nonc12. The number of Topliss-reactive ketones (excluding diaryl/α,β-unsaturated/α-hetero) is 1. The van der Waals surface area contributed by atoms with Crippen LogP contribution in [0.5, 0.6) is 0 Å². The molecule has 0 saturated carbocycles. The van der Waals surface area contributed by atoms with Gasteiger partial charge in [-0.25, -0.2) is 4.63 Å². The van der Waals surface area contributed by atoms with E-state index >= 15 is 0 Å². The van der Waals surface area contributed by atoms with Gasteiger partial charge in [0, 0.05) is 25.5 Å². The van der Waals surface area contributed by atoms with Crippen LogP contribution in [0.4, 0.5) is 11.4 Å². The molecule has 1 heterocycles. The van der Waals surface area contributed by atoms with E-state index in [-0.39, 0.29) is 11.2 Å². The van der Waals surface area contributed by atoms with Gasteiger partial charge < -0.3 is 5.32 Å². The molecule has 0 spiro atoms. The highest BCUT2D eigenvalue weighted by molar-refractivity contribution is 5.93. The van der Waals surface area contributed by atoms with Crippen molar-refractivity contribution in [1.29, 1.82) is 0 Å². The molecular formula is C14H18N4O4. The number of anilines is 1. The molecular weight excluding hydrogens is 288 g/mol. The minimum atomic E-state index is -0.513. The van der Waals surface area contributed by atoms with Gasteiger partial charge in [-0.3, -0.25) is 14.9 Å². The van der Waals surface area contributed by atoms with E-state index in [1.54, 1.807) is 6.07 Å². The largest absolute Gasteiger partial charge is 0.383 e. The second-order valence-corrected chi connectivity index (χ2v) is 4.98. The standard InChI is InChI=1S/C14H18N4O4/c1-2-10(19)6-4-3-5-9-15-11-7-8-12(18(20)21)14-13(11)16-22-17-14/h7-8,15H,2-6,9H2,1H3. The molecule has 1 aromatic carbocycles. The normalized spacial score (nSPS) is 10.8. The number of nitro groups is 1. The molecule has 0 bridgehead atoms. The van der Waals surface area contributed by atoms with E-state index in [4.69, 9.17) is 0 Å². The highest BCUT2D eigenvalue weighted by Gasteiger charge is 2.19. The summed E-state index contributed by atoms with van der Waals surface area (Å²) in [6.07, 6.45) is 3.96. The minimum Gasteiger partial charge on any atom is -0.383 e. The molecule has 1 aromatic heterocycles. The van der Waals surface area contributed by atoms with Crippen LogP contribution in [0.15, 0.2) is 16.8 Å². The van der Waals surface area contributed by atoms with E-state index in [1.807, 2.05) is 6.92 Å². The van der Waals surface area contributed by atoms with Crippen LogP contribution in [0.25, 0.3) is 11.0 Å². The summed E-state index contributed by atoms with van der Waals surface area (Å²) in [4.78, 5) is 21.5. The Morgan fingerprint density at radius 2 is 2.05 bits per heavy atom. The lowest BCUT2D eigenvalue weighted by Gasteiger charge is -2.06. The minimum absolute atomic E-state index is 0.125. The molecule has 0 aliphatic rings. The molecule has 8 nitrogen and oxygen atoms in total. The van der Waals surface area contributed by atoms with Crippen molar-refractivity contribution in [3.63, 3.8) is 0 Å². The number of nitrogens with one attached hydrogen (secondary N) is 1. The molecule has 8 heteroatoms. The molecule has 0 saturated heterocycles. The van der Waals surface area contributed by atoms with Crippen molar-refractivity contribution in [3.05, 3.63) is 22.2 Å². The number of benzene rings is 1. The number of hydrogen-bond donors (Lipinski definition) is 1. The Morgan fingerprint density at radius 3 is 2.77 bits per heavy atom. The Kier molecular flexibility index (Phi) is 5.40. The van der Waals surface area contributed by atoms with E-state index in [0.29, 0.717) is 36.4 Å². The maximum atomic E-state index is 11.2. The predicted molar refractivity (Wildman–Crippen MR) is 80.7 cm³/mol. The van der Waals surface area contributed by atoms with E-state index in [9.17, 15) is 14.9 Å². The third-order valence-corrected chi connectivity index (χ3v) is 3.43. The van der Waals surface area contributed by atoms with Gasteiger partial charge in [-0.15, -0.1) is 0 Å². The fourth-order valence-corrected chi connectivity index (χ4v) is 2.17. The highest BCUT2D eigenvalue weighted by atomic mass is 16.6. The molecule has 0 aliphatic heterocycles. The van der Waals surface area contributed by atoms with E-state index in [2.05, 4.69) is 20.3 Å². The number of ketones is 1. The van der Waals surface area contributed by atoms with Crippen LogP contribution >= 0.6 is 0 Å². The van der Waals surface area contributed by atoms with Crippen LogP contribution < -0.4 is 5.32 Å². The van der Waals surface area contributed by atoms with Crippen molar-refractivity contribution >= 4 is 28.2 Å². The van der Waals surface area contributed by atoms with Crippen molar-refractivity contribution in [2.24, 2.45) is 0 Å². The topological polar surface area (TPSA) is 111 Å². The molecule has 0 fully saturated rings. The Labute approximate surface area is 127 Å². The molecule has 0 aliphatic carbocycles. The van der Waals surface area contributed by atoms with Gasteiger partial charge in [0.2, 0.25) is 5.52 Å². The number of fused-ring (bicyclic) bond motifs is 1. The molecule has 2 rings (SSSR count). The Morgan fingerprint density at radius 1 is 1.27 bits per heavy atom. The summed E-state index contributed by atoms with van der Waals surface area (Å²) in [5.74, 6) is 0.290. The zero-order valence-electron chi connectivity index (χ0n) is 12.4. The van der Waals surface area contributed by atoms with Gasteiger partial charge in [0.15, 0.2) is 5.52 Å². The number of carbonyl (C=O) groups excluding carboxylic acids is 1. The van der Waals surface area contributed by atoms with Gasteiger partial charge >= 0.3 is 5.69 Å².